The van der Waals surface area contributed by atoms with E-state index in [1.54, 1.807) is 80.3 Å². The van der Waals surface area contributed by atoms with Gasteiger partial charge in [-0.1, -0.05) is 12.1 Å². The van der Waals surface area contributed by atoms with Gasteiger partial charge < -0.3 is 8.83 Å². The zero-order valence-electron chi connectivity index (χ0n) is 20.3. The molecule has 0 aliphatic rings. The minimum atomic E-state index is -0.303. The molecule has 0 aliphatic heterocycles. The molecule has 0 saturated heterocycles. The van der Waals surface area contributed by atoms with Crippen LogP contribution in [0.3, 0.4) is 0 Å². The van der Waals surface area contributed by atoms with Gasteiger partial charge in [0.15, 0.2) is 5.43 Å². The summed E-state index contributed by atoms with van der Waals surface area (Å²) in [7, 11) is 0. The first kappa shape index (κ1) is 30.4. The van der Waals surface area contributed by atoms with Crippen LogP contribution in [0.4, 0.5) is 0 Å². The van der Waals surface area contributed by atoms with E-state index in [9.17, 15) is 9.59 Å². The van der Waals surface area contributed by atoms with Crippen LogP contribution in [-0.4, -0.2) is 24.9 Å². The van der Waals surface area contributed by atoms with Crippen molar-refractivity contribution < 1.29 is 13.3 Å². The highest BCUT2D eigenvalue weighted by Gasteiger charge is 1.74. The molecule has 0 amide bonds. The highest BCUT2D eigenvalue weighted by Crippen LogP contribution is 1.80. The maximum Gasteiger partial charge on any atom is 0.335 e. The van der Waals surface area contributed by atoms with Gasteiger partial charge in [0.2, 0.25) is 0 Å². The molecular weight excluding hydrogens is 486 g/mol. The van der Waals surface area contributed by atoms with E-state index in [-0.39, 0.29) is 11.1 Å². The Balaban J connectivity index is 0.000000228. The Kier molecular flexibility index (Phi) is 19.6. The van der Waals surface area contributed by atoms with Crippen molar-refractivity contribution in [2.24, 2.45) is 0 Å². The fraction of sp³-hybridized carbons (Fsp3) is 0. The van der Waals surface area contributed by atoms with Crippen LogP contribution < -0.4 is 11.1 Å². The van der Waals surface area contributed by atoms with Crippen molar-refractivity contribution in [1.29, 1.82) is 0 Å². The van der Waals surface area contributed by atoms with Crippen LogP contribution in [0.1, 0.15) is 0 Å². The topological polar surface area (TPSA) is 136 Å². The molecule has 0 fully saturated rings. The second-order valence-corrected chi connectivity index (χ2v) is 6.08. The van der Waals surface area contributed by atoms with E-state index in [0.717, 1.165) is 0 Å². The fourth-order valence-corrected chi connectivity index (χ4v) is 1.75. The lowest BCUT2D eigenvalue weighted by atomic mass is 10.5. The molecule has 6 rings (SSSR count). The maximum absolute atomic E-state index is 10.2. The molecule has 10 nitrogen and oxygen atoms in total. The predicted octanol–water partition coefficient (Wildman–Crippen LogP) is 4.88. The second kappa shape index (κ2) is 24.5. The third kappa shape index (κ3) is 22.2. The normalized spacial score (nSPS) is 8.21. The number of rotatable bonds is 0. The average Bonchev–Trinajstić information content (AvgIpc) is 3.03. The lowest BCUT2D eigenvalue weighted by Gasteiger charge is -1.72. The maximum atomic E-state index is 10.2. The molecule has 0 atom stereocenters. The summed E-state index contributed by atoms with van der Waals surface area (Å²) in [5.41, 5.74) is -0.325. The van der Waals surface area contributed by atoms with Crippen LogP contribution in [0.25, 0.3) is 0 Å². The first-order chi connectivity index (χ1) is 18.8. The summed E-state index contributed by atoms with van der Waals surface area (Å²) in [4.78, 5) is 38.9. The first-order valence-electron chi connectivity index (χ1n) is 10.9. The van der Waals surface area contributed by atoms with Gasteiger partial charge >= 0.3 is 18.2 Å². The summed E-state index contributed by atoms with van der Waals surface area (Å²) in [5, 5.41) is 0. The van der Waals surface area contributed by atoms with Crippen molar-refractivity contribution in [2.75, 3.05) is 0 Å². The molecule has 6 aromatic rings. The highest BCUT2D eigenvalue weighted by atomic mass is 16.4. The van der Waals surface area contributed by atoms with E-state index in [4.69, 9.17) is 0 Å². The molecule has 0 N–H and O–H groups in total. The van der Waals surface area contributed by atoms with Gasteiger partial charge in [-0.2, -0.15) is 0 Å². The van der Waals surface area contributed by atoms with Gasteiger partial charge in [-0.25, -0.2) is 19.2 Å². The van der Waals surface area contributed by atoms with Crippen LogP contribution in [0.2, 0.25) is 0 Å². The van der Waals surface area contributed by atoms with Gasteiger partial charge in [0.1, 0.15) is 6.33 Å². The Morgan fingerprint density at radius 2 is 1.05 bits per heavy atom. The van der Waals surface area contributed by atoms with Crippen LogP contribution in [0, 0.1) is 0 Å². The Hall–Kier alpha value is -5.64. The van der Waals surface area contributed by atoms with Crippen molar-refractivity contribution >= 4 is 0 Å². The molecule has 0 radical (unpaired) electrons. The van der Waals surface area contributed by atoms with Gasteiger partial charge in [-0.05, 0) is 30.3 Å². The number of pyridine rings is 1. The third-order valence-corrected chi connectivity index (χ3v) is 3.29. The highest BCUT2D eigenvalue weighted by molar-refractivity contribution is 4.88. The molecule has 0 aliphatic carbocycles. The standard InChI is InChI=1S/C5H5N.2C5H4O2.C5H5O.2C4H4N2/c1-2-4-6-5-3-1;6-5-1-3-7-4-2-5;6-5-3-1-2-4-7-5;1-2-4-6-5-3-1;1-2-6-4-3-5-1;1-2-5-4-6-3-1/h1-5H;2*1-4H;1-5H;2*1-4H/q;;;+1;;. The molecule has 6 aromatic heterocycles. The number of hydrogen-bond donors (Lipinski definition) is 0. The van der Waals surface area contributed by atoms with Crippen molar-refractivity contribution in [2.45, 2.75) is 0 Å². The SMILES string of the molecule is O=c1cccco1.O=c1ccocc1.c1cc[o+]cc1.c1ccncc1.c1cnccn1.c1cncnc1. The summed E-state index contributed by atoms with van der Waals surface area (Å²) >= 11 is 0. The lowest BCUT2D eigenvalue weighted by Crippen LogP contribution is -1.90. The monoisotopic (exact) mass is 512 g/mol. The molecule has 10 heteroatoms. The Morgan fingerprint density at radius 1 is 0.500 bits per heavy atom. The number of hydrogen-bond acceptors (Lipinski definition) is 9. The molecule has 6 heterocycles. The fourth-order valence-electron chi connectivity index (χ4n) is 1.75. The van der Waals surface area contributed by atoms with Crippen LogP contribution in [0.15, 0.2) is 183 Å². The van der Waals surface area contributed by atoms with Crippen LogP contribution in [-0.2, 0) is 0 Å². The molecule has 0 aromatic carbocycles. The molecular formula is C28H26N5O5+. The Labute approximate surface area is 219 Å². The number of aromatic nitrogens is 5. The van der Waals surface area contributed by atoms with E-state index < -0.39 is 0 Å². The quantitative estimate of drug-likeness (QED) is 0.259. The summed E-state index contributed by atoms with van der Waals surface area (Å²) in [6.45, 7) is 0. The van der Waals surface area contributed by atoms with Gasteiger partial charge in [-0.3, -0.25) is 19.7 Å². The largest absolute Gasteiger partial charge is 0.472 e. The van der Waals surface area contributed by atoms with Crippen molar-refractivity contribution in [1.82, 2.24) is 24.9 Å². The van der Waals surface area contributed by atoms with Gasteiger partial charge in [-0.15, -0.1) is 0 Å². The zero-order valence-corrected chi connectivity index (χ0v) is 20.3. The number of nitrogens with zero attached hydrogens (tertiary/aromatic N) is 5. The minimum absolute atomic E-state index is 0.0220. The van der Waals surface area contributed by atoms with Gasteiger partial charge in [0, 0.05) is 79.9 Å². The summed E-state index contributed by atoms with van der Waals surface area (Å²) in [5.74, 6) is 0. The second-order valence-electron chi connectivity index (χ2n) is 6.08. The molecule has 0 bridgehead atoms. The van der Waals surface area contributed by atoms with E-state index in [2.05, 4.69) is 38.2 Å². The van der Waals surface area contributed by atoms with E-state index in [1.165, 1.54) is 43.3 Å². The molecule has 0 saturated carbocycles. The first-order valence-corrected chi connectivity index (χ1v) is 10.9. The van der Waals surface area contributed by atoms with E-state index >= 15 is 0 Å². The average molecular weight is 513 g/mol. The zero-order chi connectivity index (χ0) is 27.2. The van der Waals surface area contributed by atoms with E-state index in [0.29, 0.717) is 0 Å². The smallest absolute Gasteiger partial charge is 0.335 e. The molecule has 38 heavy (non-hydrogen) atoms. The molecule has 192 valence electrons. The Bertz CT molecular complexity index is 1050. The van der Waals surface area contributed by atoms with Crippen LogP contribution >= 0.6 is 0 Å². The van der Waals surface area contributed by atoms with Gasteiger partial charge in [0.25, 0.3) is 0 Å². The minimum Gasteiger partial charge on any atom is -0.472 e. The van der Waals surface area contributed by atoms with E-state index in [1.807, 2.05) is 36.4 Å². The van der Waals surface area contributed by atoms with Gasteiger partial charge in [0.05, 0.1) is 18.8 Å². The predicted molar refractivity (Wildman–Crippen MR) is 141 cm³/mol. The lowest BCUT2D eigenvalue weighted by molar-refractivity contribution is 0.511. The van der Waals surface area contributed by atoms with Crippen molar-refractivity contribution in [3.63, 3.8) is 0 Å². The molecule has 0 spiro atoms. The van der Waals surface area contributed by atoms with Crippen LogP contribution in [0.5, 0.6) is 0 Å². The van der Waals surface area contributed by atoms with Crippen molar-refractivity contribution in [3.05, 3.63) is 181 Å². The third-order valence-electron chi connectivity index (χ3n) is 3.29. The summed E-state index contributed by atoms with van der Waals surface area (Å²) in [6, 6.07) is 20.4. The Morgan fingerprint density at radius 3 is 1.26 bits per heavy atom. The summed E-state index contributed by atoms with van der Waals surface area (Å²) < 4.78 is 13.6. The summed E-state index contributed by atoms with van der Waals surface area (Å²) in [6.07, 6.45) is 22.2. The molecule has 0 unspecified atom stereocenters. The van der Waals surface area contributed by atoms with Crippen molar-refractivity contribution in [3.8, 4) is 0 Å².